The van der Waals surface area contributed by atoms with Gasteiger partial charge in [-0.3, -0.25) is 10.2 Å². The molecule has 3 heterocycles. The summed E-state index contributed by atoms with van der Waals surface area (Å²) in [5.41, 5.74) is 2.98. The first-order chi connectivity index (χ1) is 21.4. The summed E-state index contributed by atoms with van der Waals surface area (Å²) in [5, 5.41) is 7.04. The summed E-state index contributed by atoms with van der Waals surface area (Å²) in [7, 11) is 1.69. The zero-order valence-corrected chi connectivity index (χ0v) is 25.2. The monoisotopic (exact) mass is 627 g/mol. The Morgan fingerprint density at radius 2 is 2.00 bits per heavy atom. The fourth-order valence-electron chi connectivity index (χ4n) is 4.67. The Kier molecular flexibility index (Phi) is 8.89. The van der Waals surface area contributed by atoms with Crippen molar-refractivity contribution >= 4 is 56.4 Å². The summed E-state index contributed by atoms with van der Waals surface area (Å²) < 4.78 is 25.8. The number of nitrogens with one attached hydrogen (secondary N) is 2. The minimum absolute atomic E-state index is 0.104. The minimum Gasteiger partial charge on any atom is -0.487 e. The number of para-hydroxylation sites is 1. The maximum atomic E-state index is 13.5. The Morgan fingerprint density at radius 3 is 2.82 bits per heavy atom. The summed E-state index contributed by atoms with van der Waals surface area (Å²) >= 11 is 7.96. The number of rotatable bonds is 7. The number of amides is 1. The molecule has 0 aliphatic carbocycles. The highest BCUT2D eigenvalue weighted by Crippen LogP contribution is 2.33. The Morgan fingerprint density at radius 1 is 1.14 bits per heavy atom. The van der Waals surface area contributed by atoms with Crippen molar-refractivity contribution in [2.24, 2.45) is 0 Å². The number of benzene rings is 3. The van der Waals surface area contributed by atoms with Crippen LogP contribution < -0.4 is 20.3 Å². The molecule has 8 nitrogen and oxygen atoms in total. The van der Waals surface area contributed by atoms with Crippen LogP contribution in [0, 0.1) is 17.7 Å². The fraction of sp³-hybridized carbons (Fsp3) is 0.182. The van der Waals surface area contributed by atoms with Gasteiger partial charge < -0.3 is 14.8 Å². The summed E-state index contributed by atoms with van der Waals surface area (Å²) in [4.78, 5) is 23.7. The molecule has 1 saturated heterocycles. The van der Waals surface area contributed by atoms with Gasteiger partial charge in [0.1, 0.15) is 30.6 Å². The van der Waals surface area contributed by atoms with Crippen LogP contribution in [0.1, 0.15) is 16.9 Å². The molecule has 2 unspecified atom stereocenters. The molecule has 44 heavy (non-hydrogen) atoms. The van der Waals surface area contributed by atoms with E-state index in [0.29, 0.717) is 35.1 Å². The van der Waals surface area contributed by atoms with Gasteiger partial charge in [-0.05, 0) is 54.1 Å². The molecule has 11 heteroatoms. The lowest BCUT2D eigenvalue weighted by Crippen LogP contribution is -2.31. The van der Waals surface area contributed by atoms with Gasteiger partial charge in [0.2, 0.25) is 0 Å². The van der Waals surface area contributed by atoms with Gasteiger partial charge in [-0.1, -0.05) is 53.8 Å². The highest BCUT2D eigenvalue weighted by Gasteiger charge is 2.27. The number of hydrogen-bond donors (Lipinski definition) is 2. The molecule has 5 aromatic rings. The molecule has 2 N–H and O–H groups in total. The second-order valence-electron chi connectivity index (χ2n) is 10.1. The number of halogens is 2. The quantitative estimate of drug-likeness (QED) is 0.185. The molecule has 0 radical (unpaired) electrons. The van der Waals surface area contributed by atoms with E-state index < -0.39 is 6.09 Å². The second kappa shape index (κ2) is 13.3. The van der Waals surface area contributed by atoms with Crippen molar-refractivity contribution in [3.8, 4) is 17.6 Å². The van der Waals surface area contributed by atoms with E-state index in [-0.39, 0.29) is 24.6 Å². The summed E-state index contributed by atoms with van der Waals surface area (Å²) in [6.45, 7) is 0.737. The van der Waals surface area contributed by atoms with Crippen LogP contribution in [0.5, 0.6) is 5.75 Å². The molecule has 0 saturated carbocycles. The van der Waals surface area contributed by atoms with Crippen LogP contribution >= 0.6 is 22.9 Å². The summed E-state index contributed by atoms with van der Waals surface area (Å²) in [6.07, 6.45) is 1.44. The first kappa shape index (κ1) is 29.4. The van der Waals surface area contributed by atoms with Gasteiger partial charge in [-0.15, -0.1) is 11.3 Å². The van der Waals surface area contributed by atoms with E-state index >= 15 is 0 Å². The van der Waals surface area contributed by atoms with Crippen LogP contribution in [0.4, 0.5) is 26.4 Å². The van der Waals surface area contributed by atoms with Crippen molar-refractivity contribution in [3.05, 3.63) is 106 Å². The van der Waals surface area contributed by atoms with Crippen molar-refractivity contribution < 1.29 is 18.7 Å². The Labute approximate surface area is 262 Å². The van der Waals surface area contributed by atoms with Gasteiger partial charge in [-0.25, -0.2) is 19.2 Å². The highest BCUT2D eigenvalue weighted by atomic mass is 35.5. The smallest absolute Gasteiger partial charge is 0.414 e. The van der Waals surface area contributed by atoms with Crippen LogP contribution in [-0.4, -0.2) is 41.8 Å². The summed E-state index contributed by atoms with van der Waals surface area (Å²) in [6, 6.07) is 22.8. The zero-order valence-electron chi connectivity index (χ0n) is 23.6. The molecule has 0 bridgehead atoms. The van der Waals surface area contributed by atoms with Crippen LogP contribution in [-0.2, 0) is 11.3 Å². The number of ether oxygens (including phenoxy) is 2. The number of thiophene rings is 1. The predicted octanol–water partition coefficient (Wildman–Crippen LogP) is 7.16. The van der Waals surface area contributed by atoms with Crippen molar-refractivity contribution in [1.82, 2.24) is 15.3 Å². The number of hydrogen-bond acceptors (Lipinski definition) is 8. The van der Waals surface area contributed by atoms with E-state index in [1.807, 2.05) is 42.5 Å². The summed E-state index contributed by atoms with van der Waals surface area (Å²) in [5.74, 6) is 7.30. The fourth-order valence-corrected chi connectivity index (χ4v) is 5.82. The Balaban J connectivity index is 1.07. The maximum absolute atomic E-state index is 13.5. The normalized spacial score (nSPS) is 15.8. The Hall–Kier alpha value is -4.69. The molecule has 3 aromatic carbocycles. The van der Waals surface area contributed by atoms with Crippen LogP contribution in [0.3, 0.4) is 0 Å². The Bertz CT molecular complexity index is 1860. The predicted molar refractivity (Wildman–Crippen MR) is 171 cm³/mol. The zero-order chi connectivity index (χ0) is 30.5. The van der Waals surface area contributed by atoms with E-state index in [9.17, 15) is 9.18 Å². The first-order valence-corrected chi connectivity index (χ1v) is 15.0. The molecule has 222 valence electrons. The highest BCUT2D eigenvalue weighted by molar-refractivity contribution is 7.20. The van der Waals surface area contributed by atoms with E-state index in [4.69, 9.17) is 21.1 Å². The van der Waals surface area contributed by atoms with E-state index in [1.165, 1.54) is 34.7 Å². The number of anilines is 3. The number of aromatic nitrogens is 2. The van der Waals surface area contributed by atoms with Crippen molar-refractivity contribution in [1.29, 1.82) is 0 Å². The van der Waals surface area contributed by atoms with Crippen LogP contribution in [0.2, 0.25) is 5.02 Å². The molecule has 1 aliphatic heterocycles. The largest absolute Gasteiger partial charge is 0.487 e. The van der Waals surface area contributed by atoms with E-state index in [1.54, 1.807) is 31.3 Å². The van der Waals surface area contributed by atoms with Crippen molar-refractivity contribution in [2.45, 2.75) is 25.2 Å². The molecule has 6 rings (SSSR count). The van der Waals surface area contributed by atoms with Gasteiger partial charge in [0, 0.05) is 31.4 Å². The number of nitrogens with zero attached hydrogens (tertiary/aromatic N) is 3. The van der Waals surface area contributed by atoms with E-state index in [0.717, 1.165) is 26.5 Å². The van der Waals surface area contributed by atoms with Gasteiger partial charge in [-0.2, -0.15) is 0 Å². The van der Waals surface area contributed by atoms with Crippen molar-refractivity contribution in [3.63, 3.8) is 0 Å². The number of fused-ring (bicyclic) bond motifs is 1. The van der Waals surface area contributed by atoms with E-state index in [2.05, 4.69) is 32.4 Å². The second-order valence-corrected chi connectivity index (χ2v) is 11.6. The third-order valence-corrected chi connectivity index (χ3v) is 8.28. The van der Waals surface area contributed by atoms with Gasteiger partial charge in [0.15, 0.2) is 5.82 Å². The maximum Gasteiger partial charge on any atom is 0.414 e. The van der Waals surface area contributed by atoms with Crippen molar-refractivity contribution in [2.75, 3.05) is 23.8 Å². The lowest BCUT2D eigenvalue weighted by atomic mass is 10.2. The molecule has 1 amide bonds. The van der Waals surface area contributed by atoms with Gasteiger partial charge in [0.05, 0.1) is 26.2 Å². The third kappa shape index (κ3) is 7.09. The molecule has 2 aromatic heterocycles. The van der Waals surface area contributed by atoms with Gasteiger partial charge in [0.25, 0.3) is 0 Å². The average molecular weight is 628 g/mol. The number of carbonyl (C=O) groups is 1. The first-order valence-electron chi connectivity index (χ1n) is 13.8. The average Bonchev–Trinajstić information content (AvgIpc) is 3.67. The molecular formula is C33H27ClFN5O3S. The molecular weight excluding hydrogens is 601 g/mol. The molecule has 1 aliphatic rings. The SMILES string of the molecule is CN(C(=O)OC1CNC(C#Cc2cc3ncnc(Nc4ccc(OCc5cccc(F)c5)c(Cl)c4)c3s2)C1)c1ccccc1. The standard InChI is InChI=1S/C33H27ClFN5O3S/c1-40(25-8-3-2-4-9-25)33(41)43-26-15-23(36-18-26)10-12-27-17-29-31(44-27)32(38-20-37-29)39-24-11-13-30(28(34)16-24)42-19-21-6-5-7-22(35)14-21/h2-9,11,13-14,16-17,20,23,26,36H,15,18-19H2,1H3,(H,37,38,39). The van der Waals surface area contributed by atoms with Gasteiger partial charge >= 0.3 is 6.09 Å². The minimum atomic E-state index is -0.396. The molecule has 0 spiro atoms. The molecule has 2 atom stereocenters. The van der Waals surface area contributed by atoms with Crippen LogP contribution in [0.15, 0.2) is 85.2 Å². The third-order valence-electron chi connectivity index (χ3n) is 6.93. The van der Waals surface area contributed by atoms with Crippen LogP contribution in [0.25, 0.3) is 10.2 Å². The topological polar surface area (TPSA) is 88.6 Å². The molecule has 1 fully saturated rings. The number of carbonyl (C=O) groups excluding carboxylic acids is 1. The lowest BCUT2D eigenvalue weighted by molar-refractivity contribution is 0.114. The lowest BCUT2D eigenvalue weighted by Gasteiger charge is -2.19.